The second kappa shape index (κ2) is 14.1. The highest BCUT2D eigenvalue weighted by atomic mass is 35.5. The van der Waals surface area contributed by atoms with Gasteiger partial charge in [0.15, 0.2) is 0 Å². The van der Waals surface area contributed by atoms with Crippen LogP contribution in [-0.4, -0.2) is 61.1 Å². The monoisotopic (exact) mass is 504 g/mol. The fourth-order valence-electron chi connectivity index (χ4n) is 4.07. The quantitative estimate of drug-likeness (QED) is 0.527. The van der Waals surface area contributed by atoms with E-state index in [2.05, 4.69) is 31.7 Å². The molecule has 2 fully saturated rings. The molecule has 8 nitrogen and oxygen atoms in total. The van der Waals surface area contributed by atoms with Gasteiger partial charge in [-0.1, -0.05) is 30.9 Å². The maximum Gasteiger partial charge on any atom is 0.232 e. The highest BCUT2D eigenvalue weighted by Gasteiger charge is 2.34. The van der Waals surface area contributed by atoms with Crippen LogP contribution in [0.2, 0.25) is 5.02 Å². The number of aromatic nitrogens is 3. The van der Waals surface area contributed by atoms with Crippen molar-refractivity contribution in [1.82, 2.24) is 20.3 Å². The molecule has 10 heteroatoms. The second-order valence-electron chi connectivity index (χ2n) is 8.86. The van der Waals surface area contributed by atoms with Gasteiger partial charge in [-0.15, -0.1) is 0 Å². The van der Waals surface area contributed by atoms with Crippen LogP contribution in [-0.2, 0) is 4.74 Å². The number of nitriles is 1. The summed E-state index contributed by atoms with van der Waals surface area (Å²) >= 11 is 6.41. The molecule has 190 valence electrons. The lowest BCUT2D eigenvalue weighted by Gasteiger charge is -2.29. The Bertz CT molecular complexity index is 959. The molecule has 1 saturated heterocycles. The Labute approximate surface area is 211 Å². The summed E-state index contributed by atoms with van der Waals surface area (Å²) in [4.78, 5) is 13.3. The summed E-state index contributed by atoms with van der Waals surface area (Å²) < 4.78 is 22.2. The lowest BCUT2D eigenvalue weighted by molar-refractivity contribution is 0.0182. The normalized spacial score (nSPS) is 17.5. The summed E-state index contributed by atoms with van der Waals surface area (Å²) in [7, 11) is 1.72. The van der Waals surface area contributed by atoms with Gasteiger partial charge in [0.25, 0.3) is 0 Å². The Hall–Kier alpha value is -2.54. The van der Waals surface area contributed by atoms with Crippen LogP contribution in [0.15, 0.2) is 24.7 Å². The van der Waals surface area contributed by atoms with Crippen LogP contribution in [0.4, 0.5) is 10.2 Å². The zero-order valence-corrected chi connectivity index (χ0v) is 21.0. The summed E-state index contributed by atoms with van der Waals surface area (Å²) in [5.41, 5.74) is 0.829. The third-order valence-electron chi connectivity index (χ3n) is 6.23. The van der Waals surface area contributed by atoms with Crippen LogP contribution in [0.3, 0.4) is 0 Å². The molecule has 3 heterocycles. The van der Waals surface area contributed by atoms with Crippen LogP contribution >= 0.6 is 11.6 Å². The van der Waals surface area contributed by atoms with Crippen LogP contribution in [0.25, 0.3) is 11.3 Å². The molecule has 0 bridgehead atoms. The molecule has 2 aromatic rings. The van der Waals surface area contributed by atoms with E-state index >= 15 is 0 Å². The Kier molecular flexibility index (Phi) is 10.9. The minimum Gasteiger partial charge on any atom is -0.475 e. The number of anilines is 1. The molecular formula is C25H34ClFN6O2. The first kappa shape index (κ1) is 27.1. The Morgan fingerprint density at radius 2 is 2.00 bits per heavy atom. The number of halogens is 2. The minimum absolute atomic E-state index is 0.267. The molecule has 2 aromatic heterocycles. The molecule has 2 N–H and O–H groups in total. The van der Waals surface area contributed by atoms with E-state index in [0.29, 0.717) is 55.2 Å². The van der Waals surface area contributed by atoms with E-state index in [1.807, 2.05) is 6.07 Å². The average molecular weight is 505 g/mol. The van der Waals surface area contributed by atoms with E-state index in [-0.39, 0.29) is 13.3 Å². The molecule has 0 atom stereocenters. The van der Waals surface area contributed by atoms with Gasteiger partial charge >= 0.3 is 0 Å². The second-order valence-corrected chi connectivity index (χ2v) is 9.26. The van der Waals surface area contributed by atoms with Gasteiger partial charge in [0, 0.05) is 37.6 Å². The number of hydrogen-bond acceptors (Lipinski definition) is 8. The van der Waals surface area contributed by atoms with Gasteiger partial charge in [0.1, 0.15) is 19.1 Å². The molecule has 1 saturated carbocycles. The van der Waals surface area contributed by atoms with E-state index in [9.17, 15) is 9.65 Å². The Balaban J connectivity index is 0.000000623. The van der Waals surface area contributed by atoms with E-state index < -0.39 is 5.41 Å². The number of nitrogens with zero attached hydrogens (tertiary/aromatic N) is 4. The SMILES string of the molecule is CNCCF.N#CC1(COc2cncc(-c3cc(NC4CCCCC4)ncc3Cl)n2)CCOCC1. The van der Waals surface area contributed by atoms with Gasteiger partial charge < -0.3 is 20.1 Å². The van der Waals surface area contributed by atoms with E-state index in [0.717, 1.165) is 24.2 Å². The van der Waals surface area contributed by atoms with Crippen molar-refractivity contribution in [3.05, 3.63) is 29.7 Å². The van der Waals surface area contributed by atoms with Crippen LogP contribution in [0, 0.1) is 16.7 Å². The van der Waals surface area contributed by atoms with Gasteiger partial charge in [-0.2, -0.15) is 5.26 Å². The molecular weight excluding hydrogens is 471 g/mol. The van der Waals surface area contributed by atoms with Crippen molar-refractivity contribution < 1.29 is 13.9 Å². The third kappa shape index (κ3) is 8.27. The van der Waals surface area contributed by atoms with Gasteiger partial charge in [-0.05, 0) is 38.8 Å². The maximum atomic E-state index is 10.9. The zero-order valence-electron chi connectivity index (χ0n) is 20.2. The van der Waals surface area contributed by atoms with Gasteiger partial charge in [-0.3, -0.25) is 4.98 Å². The number of rotatable bonds is 8. The fraction of sp³-hybridized carbons (Fsp3) is 0.600. The minimum atomic E-state index is -0.540. The van der Waals surface area contributed by atoms with Crippen molar-refractivity contribution in [2.75, 3.05) is 45.4 Å². The van der Waals surface area contributed by atoms with Gasteiger partial charge in [-0.25, -0.2) is 14.4 Å². The molecule has 0 radical (unpaired) electrons. The summed E-state index contributed by atoms with van der Waals surface area (Å²) in [6.07, 6.45) is 12.3. The van der Waals surface area contributed by atoms with Crippen LogP contribution in [0.1, 0.15) is 44.9 Å². The number of pyridine rings is 1. The molecule has 2 aliphatic rings. The highest BCUT2D eigenvalue weighted by molar-refractivity contribution is 6.33. The summed E-state index contributed by atoms with van der Waals surface area (Å²) in [6, 6.07) is 4.76. The first-order valence-corrected chi connectivity index (χ1v) is 12.5. The molecule has 35 heavy (non-hydrogen) atoms. The Morgan fingerprint density at radius 3 is 2.66 bits per heavy atom. The fourth-order valence-corrected chi connectivity index (χ4v) is 4.27. The standard InChI is InChI=1S/C22H26ClN5O2.C3H8FN/c23-18-11-26-20(27-16-4-2-1-3-5-16)10-17(18)19-12-25-13-21(28-19)30-15-22(14-24)6-8-29-9-7-22;1-5-3-2-4/h10-13,16H,1-9,15H2,(H,26,27);5H,2-3H2,1H3. The van der Waals surface area contributed by atoms with E-state index in [1.165, 1.54) is 19.3 Å². The van der Waals surface area contributed by atoms with Crippen molar-refractivity contribution in [1.29, 1.82) is 5.26 Å². The molecule has 4 rings (SSSR count). The van der Waals surface area contributed by atoms with Crippen molar-refractivity contribution in [2.45, 2.75) is 51.0 Å². The lowest BCUT2D eigenvalue weighted by Crippen LogP contribution is -2.34. The van der Waals surface area contributed by atoms with Gasteiger partial charge in [0.05, 0.1) is 34.6 Å². The molecule has 1 aliphatic heterocycles. The number of ether oxygens (including phenoxy) is 2. The summed E-state index contributed by atoms with van der Waals surface area (Å²) in [5, 5.41) is 16.3. The van der Waals surface area contributed by atoms with Gasteiger partial charge in [0.2, 0.25) is 5.88 Å². The molecule has 1 aliphatic carbocycles. The first-order valence-electron chi connectivity index (χ1n) is 12.2. The topological polar surface area (TPSA) is 105 Å². The van der Waals surface area contributed by atoms with Crippen molar-refractivity contribution in [3.63, 3.8) is 0 Å². The first-order chi connectivity index (χ1) is 17.1. The van der Waals surface area contributed by atoms with Crippen LogP contribution in [0.5, 0.6) is 5.88 Å². The number of alkyl halides is 1. The zero-order chi connectivity index (χ0) is 24.9. The van der Waals surface area contributed by atoms with E-state index in [1.54, 1.807) is 25.6 Å². The number of hydrogen-bond donors (Lipinski definition) is 2. The molecule has 0 unspecified atom stereocenters. The molecule has 0 spiro atoms. The van der Waals surface area contributed by atoms with Crippen molar-refractivity contribution in [3.8, 4) is 23.2 Å². The Morgan fingerprint density at radius 1 is 1.23 bits per heavy atom. The molecule has 0 amide bonds. The van der Waals surface area contributed by atoms with E-state index in [4.69, 9.17) is 21.1 Å². The average Bonchev–Trinajstić information content (AvgIpc) is 2.91. The maximum absolute atomic E-state index is 10.9. The highest BCUT2D eigenvalue weighted by Crippen LogP contribution is 2.32. The predicted octanol–water partition coefficient (Wildman–Crippen LogP) is 4.81. The summed E-state index contributed by atoms with van der Waals surface area (Å²) in [5.74, 6) is 1.17. The van der Waals surface area contributed by atoms with Crippen LogP contribution < -0.4 is 15.4 Å². The summed E-state index contributed by atoms with van der Waals surface area (Å²) in [6.45, 7) is 1.62. The third-order valence-corrected chi connectivity index (χ3v) is 6.53. The lowest BCUT2D eigenvalue weighted by atomic mass is 9.83. The predicted molar refractivity (Wildman–Crippen MR) is 134 cm³/mol. The largest absolute Gasteiger partial charge is 0.475 e. The number of nitrogens with one attached hydrogen (secondary N) is 2. The van der Waals surface area contributed by atoms with Crippen molar-refractivity contribution >= 4 is 17.4 Å². The molecule has 0 aromatic carbocycles. The smallest absolute Gasteiger partial charge is 0.232 e. The van der Waals surface area contributed by atoms with Crippen molar-refractivity contribution in [2.24, 2.45) is 5.41 Å².